The van der Waals surface area contributed by atoms with Crippen LogP contribution in [0.15, 0.2) is 60.7 Å². The van der Waals surface area contributed by atoms with Gasteiger partial charge in [-0.1, -0.05) is 48.6 Å². The van der Waals surface area contributed by atoms with Gasteiger partial charge in [0.15, 0.2) is 0 Å². The Bertz CT molecular complexity index is 1970. The van der Waals surface area contributed by atoms with E-state index in [2.05, 4.69) is 0 Å². The highest BCUT2D eigenvalue weighted by Crippen LogP contribution is 2.27. The maximum Gasteiger partial charge on any atom is 0.123 e. The third-order valence-electron chi connectivity index (χ3n) is 7.91. The van der Waals surface area contributed by atoms with Gasteiger partial charge in [-0.2, -0.15) is 0 Å². The summed E-state index contributed by atoms with van der Waals surface area (Å²) in [5.41, 5.74) is 3.10. The van der Waals surface area contributed by atoms with E-state index in [1.165, 1.54) is 0 Å². The number of benzene rings is 3. The summed E-state index contributed by atoms with van der Waals surface area (Å²) in [6, 6.07) is 17.8. The van der Waals surface area contributed by atoms with Gasteiger partial charge in [0.2, 0.25) is 0 Å². The van der Waals surface area contributed by atoms with Crippen molar-refractivity contribution < 1.29 is 70.8 Å². The van der Waals surface area contributed by atoms with Gasteiger partial charge in [0.1, 0.15) is 23.0 Å². The molecule has 0 saturated heterocycles. The number of rotatable bonds is 28. The number of ether oxygens (including phenoxy) is 4. The van der Waals surface area contributed by atoms with E-state index in [1.54, 1.807) is 36.4 Å². The molecule has 0 heterocycles. The van der Waals surface area contributed by atoms with Gasteiger partial charge in [0, 0.05) is 35.1 Å². The first-order valence-electron chi connectivity index (χ1n) is 18.2. The summed E-state index contributed by atoms with van der Waals surface area (Å²) in [6.45, 7) is 0.610. The first kappa shape index (κ1) is 48.3. The Morgan fingerprint density at radius 2 is 0.569 bits per heavy atom. The Morgan fingerprint density at radius 3 is 0.793 bits per heavy atom. The van der Waals surface area contributed by atoms with Crippen molar-refractivity contribution in [3.8, 4) is 23.0 Å². The van der Waals surface area contributed by atoms with Crippen molar-refractivity contribution in [1.29, 1.82) is 0 Å². The minimum atomic E-state index is -4.32. The lowest BCUT2D eigenvalue weighted by atomic mass is 10.1. The molecule has 0 unspecified atom stereocenters. The molecule has 0 aromatic heterocycles. The van der Waals surface area contributed by atoms with Gasteiger partial charge >= 0.3 is 0 Å². The van der Waals surface area contributed by atoms with Crippen LogP contribution in [0.5, 0.6) is 23.0 Å². The van der Waals surface area contributed by atoms with Gasteiger partial charge in [-0.05, 0) is 97.9 Å². The molecule has 0 fully saturated rings. The van der Waals surface area contributed by atoms with E-state index in [-0.39, 0.29) is 52.1 Å². The van der Waals surface area contributed by atoms with Crippen molar-refractivity contribution >= 4 is 64.8 Å². The monoisotopic (exact) mass is 886 g/mol. The maximum absolute atomic E-state index is 10.9. The number of hydrogen-bond donors (Lipinski definition) is 0. The Labute approximate surface area is 340 Å². The highest BCUT2D eigenvalue weighted by molar-refractivity contribution is 7.86. The molecule has 3 aromatic rings. The van der Waals surface area contributed by atoms with E-state index in [0.29, 0.717) is 59.8 Å². The zero-order valence-corrected chi connectivity index (χ0v) is 34.8. The van der Waals surface area contributed by atoms with E-state index >= 15 is 0 Å². The highest BCUT2D eigenvalue weighted by atomic mass is 32.2. The Hall–Kier alpha value is -4.02. The topological polar surface area (TPSA) is 266 Å². The largest absolute Gasteiger partial charge is 0.748 e. The number of hydrogen-bond acceptors (Lipinski definition) is 16. The SMILES string of the molecule is O=S(=O)([O-])CCCCOc1cc(/C=C/c2ccc(/C=C/c3cc(OCCCCS(=O)(=O)[O-])cc(OCCCCS(=O)(=O)[O-])c3)cc2)cc(OCCCCS(=O)(=O)[O-])c1. The van der Waals surface area contributed by atoms with Crippen LogP contribution in [0, 0.1) is 0 Å². The number of unbranched alkanes of at least 4 members (excludes halogenated alkanes) is 4. The summed E-state index contributed by atoms with van der Waals surface area (Å²) in [7, 11) is -17.3. The van der Waals surface area contributed by atoms with Crippen LogP contribution < -0.4 is 18.9 Å². The second-order valence-electron chi connectivity index (χ2n) is 13.1. The summed E-state index contributed by atoms with van der Waals surface area (Å²) in [5, 5.41) is 0. The zero-order chi connectivity index (χ0) is 42.7. The van der Waals surface area contributed by atoms with Crippen LogP contribution in [0.1, 0.15) is 73.6 Å². The predicted molar refractivity (Wildman–Crippen MR) is 214 cm³/mol. The Kier molecular flexibility index (Phi) is 19.6. The predicted octanol–water partition coefficient (Wildman–Crippen LogP) is 4.84. The van der Waals surface area contributed by atoms with E-state index in [1.807, 2.05) is 48.6 Å². The lowest BCUT2D eigenvalue weighted by Crippen LogP contribution is -2.07. The molecule has 0 spiro atoms. The smallest absolute Gasteiger partial charge is 0.123 e. The van der Waals surface area contributed by atoms with Crippen LogP contribution in [0.2, 0.25) is 0 Å². The fourth-order valence-corrected chi connectivity index (χ4v) is 7.33. The molecule has 322 valence electrons. The van der Waals surface area contributed by atoms with E-state index in [9.17, 15) is 51.9 Å². The molecule has 16 nitrogen and oxygen atoms in total. The van der Waals surface area contributed by atoms with E-state index in [0.717, 1.165) is 11.1 Å². The molecule has 3 aromatic carbocycles. The van der Waals surface area contributed by atoms with Crippen molar-refractivity contribution in [2.75, 3.05) is 49.4 Å². The second-order valence-corrected chi connectivity index (χ2v) is 19.2. The van der Waals surface area contributed by atoms with Crippen LogP contribution >= 0.6 is 0 Å². The molecular weight excluding hydrogens is 841 g/mol. The molecule has 0 aliphatic heterocycles. The van der Waals surface area contributed by atoms with Gasteiger partial charge in [-0.3, -0.25) is 0 Å². The van der Waals surface area contributed by atoms with E-state index < -0.39 is 63.5 Å². The molecule has 0 amide bonds. The highest BCUT2D eigenvalue weighted by Gasteiger charge is 2.07. The normalized spacial score (nSPS) is 12.6. The molecule has 0 aliphatic rings. The van der Waals surface area contributed by atoms with Gasteiger partial charge in [-0.25, -0.2) is 33.7 Å². The second kappa shape index (κ2) is 23.5. The molecule has 0 bridgehead atoms. The Morgan fingerprint density at radius 1 is 0.345 bits per heavy atom. The van der Waals surface area contributed by atoms with Crippen molar-refractivity contribution in [1.82, 2.24) is 0 Å². The summed E-state index contributed by atoms with van der Waals surface area (Å²) < 4.78 is 154. The molecule has 20 heteroatoms. The van der Waals surface area contributed by atoms with Crippen LogP contribution in [0.3, 0.4) is 0 Å². The van der Waals surface area contributed by atoms with Gasteiger partial charge in [0.25, 0.3) is 0 Å². The lowest BCUT2D eigenvalue weighted by Gasteiger charge is -2.12. The first-order chi connectivity index (χ1) is 27.2. The van der Waals surface area contributed by atoms with Crippen molar-refractivity contribution in [2.24, 2.45) is 0 Å². The van der Waals surface area contributed by atoms with Crippen molar-refractivity contribution in [3.63, 3.8) is 0 Å². The first-order valence-corrected chi connectivity index (χ1v) is 24.5. The molecule has 0 aliphatic carbocycles. The van der Waals surface area contributed by atoms with Gasteiger partial charge in [-0.15, -0.1) is 0 Å². The van der Waals surface area contributed by atoms with Crippen LogP contribution in [0.4, 0.5) is 0 Å². The molecule has 3 rings (SSSR count). The van der Waals surface area contributed by atoms with Crippen molar-refractivity contribution in [3.05, 3.63) is 82.9 Å². The standard InChI is InChI=1S/C38H50O16S4/c39-55(40,41)21-5-1-17-51-35-25-33(26-36(29-35)52-18-2-6-22-56(42,43)44)15-13-31-9-11-32(12-10-31)14-16-34-27-37(53-19-3-7-23-57(45,46)47)30-38(28-34)54-20-4-8-24-58(48,49)50/h9-16,25-30H,1-8,17-24H2,(H,39,40,41)(H,42,43,44)(H,45,46,47)(H,48,49,50)/p-4/b15-13+,16-14+. The van der Waals surface area contributed by atoms with Crippen LogP contribution in [0.25, 0.3) is 24.3 Å². The molecule has 0 N–H and O–H groups in total. The molecule has 0 radical (unpaired) electrons. The minimum absolute atomic E-state index is 0.143. The van der Waals surface area contributed by atoms with Gasteiger partial charge < -0.3 is 37.2 Å². The minimum Gasteiger partial charge on any atom is -0.748 e. The summed E-state index contributed by atoms with van der Waals surface area (Å²) in [6.07, 6.45) is 9.26. The molecular formula is C38H46O16S4-4. The average molecular weight is 887 g/mol. The molecule has 58 heavy (non-hydrogen) atoms. The van der Waals surface area contributed by atoms with Gasteiger partial charge in [0.05, 0.1) is 66.9 Å². The third-order valence-corrected chi connectivity index (χ3v) is 11.1. The summed E-state index contributed by atoms with van der Waals surface area (Å²) in [5.74, 6) is -0.257. The van der Waals surface area contributed by atoms with E-state index in [4.69, 9.17) is 18.9 Å². The fraction of sp³-hybridized carbons (Fsp3) is 0.421. The zero-order valence-electron chi connectivity index (χ0n) is 31.6. The quantitative estimate of drug-likeness (QED) is 0.0536. The summed E-state index contributed by atoms with van der Waals surface area (Å²) >= 11 is 0. The molecule has 0 saturated carbocycles. The lowest BCUT2D eigenvalue weighted by molar-refractivity contribution is 0.293. The van der Waals surface area contributed by atoms with Crippen LogP contribution in [-0.2, 0) is 40.5 Å². The Balaban J connectivity index is 1.70. The maximum atomic E-state index is 10.9. The fourth-order valence-electron chi connectivity index (χ4n) is 5.10. The molecule has 0 atom stereocenters. The third kappa shape index (κ3) is 23.4. The van der Waals surface area contributed by atoms with Crippen LogP contribution in [-0.4, -0.2) is 101 Å². The average Bonchev–Trinajstić information content (AvgIpc) is 3.11. The van der Waals surface area contributed by atoms with Crippen molar-refractivity contribution in [2.45, 2.75) is 51.4 Å². The summed E-state index contributed by atoms with van der Waals surface area (Å²) in [4.78, 5) is 0.